The van der Waals surface area contributed by atoms with Crippen LogP contribution in [0, 0.1) is 0 Å². The third-order valence-electron chi connectivity index (χ3n) is 12.0. The molecule has 0 saturated carbocycles. The summed E-state index contributed by atoms with van der Waals surface area (Å²) >= 11 is 9.78. The maximum absolute atomic E-state index is 12.3. The molecule has 0 amide bonds. The van der Waals surface area contributed by atoms with Gasteiger partial charge in [-0.2, -0.15) is 0 Å². The molecule has 5 rings (SSSR count). The number of thiophene rings is 5. The summed E-state index contributed by atoms with van der Waals surface area (Å²) in [4.78, 5) is 24.8. The summed E-state index contributed by atoms with van der Waals surface area (Å²) in [6.07, 6.45) is 37.3. The summed E-state index contributed by atoms with van der Waals surface area (Å²) in [6.45, 7) is 9.24. The normalized spacial score (nSPS) is 11.7. The van der Waals surface area contributed by atoms with E-state index in [0.717, 1.165) is 30.4 Å². The lowest BCUT2D eigenvalue weighted by Gasteiger charge is -2.06. The van der Waals surface area contributed by atoms with Gasteiger partial charge in [-0.1, -0.05) is 162 Å². The summed E-state index contributed by atoms with van der Waals surface area (Å²) in [7, 11) is 0. The molecule has 0 saturated heterocycles. The van der Waals surface area contributed by atoms with Gasteiger partial charge >= 0.3 is 0 Å². The third kappa shape index (κ3) is 15.5. The Morgan fingerprint density at radius 1 is 0.390 bits per heavy atom. The van der Waals surface area contributed by atoms with Crippen molar-refractivity contribution in [3.05, 3.63) is 68.9 Å². The van der Waals surface area contributed by atoms with E-state index >= 15 is 0 Å². The molecule has 59 heavy (non-hydrogen) atoms. The highest BCUT2D eigenvalue weighted by Gasteiger charge is 2.23. The number of hydrogen-bond acceptors (Lipinski definition) is 6. The van der Waals surface area contributed by atoms with Crippen molar-refractivity contribution < 1.29 is 4.79 Å². The Bertz CT molecular complexity index is 1860. The number of carbonyl (C=O) groups is 1. The van der Waals surface area contributed by atoms with Crippen LogP contribution in [0.5, 0.6) is 0 Å². The van der Waals surface area contributed by atoms with Crippen LogP contribution < -0.4 is 0 Å². The molecule has 0 aromatic carbocycles. The molecule has 0 aliphatic carbocycles. The minimum Gasteiger partial charge on any atom is -0.297 e. The minimum absolute atomic E-state index is 0.890. The molecule has 0 aliphatic rings. The lowest BCUT2D eigenvalue weighted by atomic mass is 10.0. The molecule has 5 heterocycles. The van der Waals surface area contributed by atoms with Gasteiger partial charge < -0.3 is 0 Å². The summed E-state index contributed by atoms with van der Waals surface area (Å²) in [6, 6.07) is 14.5. The Balaban J connectivity index is 1.51. The number of rotatable bonds is 33. The van der Waals surface area contributed by atoms with Crippen molar-refractivity contribution in [2.45, 2.75) is 207 Å². The monoisotopic (exact) mass is 888 g/mol. The molecule has 0 atom stereocenters. The van der Waals surface area contributed by atoms with Crippen LogP contribution in [0.15, 0.2) is 41.8 Å². The summed E-state index contributed by atoms with van der Waals surface area (Å²) < 4.78 is 0. The van der Waals surface area contributed by atoms with Crippen LogP contribution in [-0.2, 0) is 25.7 Å². The molecule has 324 valence electrons. The van der Waals surface area contributed by atoms with E-state index in [9.17, 15) is 4.79 Å². The minimum atomic E-state index is 0.890. The highest BCUT2D eigenvalue weighted by Crippen LogP contribution is 2.50. The van der Waals surface area contributed by atoms with Gasteiger partial charge in [0.25, 0.3) is 0 Å². The second-order valence-corrected chi connectivity index (χ2v) is 22.3. The third-order valence-corrected chi connectivity index (χ3v) is 18.2. The van der Waals surface area contributed by atoms with Crippen LogP contribution in [-0.4, -0.2) is 6.29 Å². The van der Waals surface area contributed by atoms with Gasteiger partial charge in [0, 0.05) is 39.0 Å². The number of unbranched alkanes of at least 4 members (excludes halogenated alkanes) is 20. The maximum Gasteiger partial charge on any atom is 0.160 e. The van der Waals surface area contributed by atoms with E-state index in [2.05, 4.69) is 80.8 Å². The molecule has 0 bridgehead atoms. The first-order valence-corrected chi connectivity index (χ1v) is 28.3. The fourth-order valence-corrected chi connectivity index (χ4v) is 14.4. The lowest BCUT2D eigenvalue weighted by molar-refractivity contribution is 0.112. The Morgan fingerprint density at radius 2 is 0.746 bits per heavy atom. The largest absolute Gasteiger partial charge is 0.297 e. The van der Waals surface area contributed by atoms with Crippen molar-refractivity contribution in [2.24, 2.45) is 0 Å². The van der Waals surface area contributed by atoms with Gasteiger partial charge in [0.2, 0.25) is 0 Å². The first kappa shape index (κ1) is 48.2. The maximum atomic E-state index is 12.3. The molecule has 0 unspecified atom stereocenters. The van der Waals surface area contributed by atoms with Crippen molar-refractivity contribution in [3.8, 4) is 39.0 Å². The molecule has 1 nitrogen and oxygen atoms in total. The fraction of sp³-hybridized carbons (Fsp3) is 0.604. The van der Waals surface area contributed by atoms with Crippen LogP contribution in [0.1, 0.15) is 214 Å². The quantitative estimate of drug-likeness (QED) is 0.0303. The standard InChI is InChI=1S/C53H76OS5/c1-5-9-13-17-21-25-30-41-36-45(40-54)56-52(41)53-44(33-28-24-20-16-12-8-4)39-49(59-53)51-43(32-27-23-19-15-11-7-3)38-48(58-51)50-42(31-26-22-18-14-10-6-2)37-47(57-50)46-34-29-35-55-46/h29,34-40H,5-28,30-33H2,1-4H3. The Hall–Kier alpha value is -1.83. The van der Waals surface area contributed by atoms with Gasteiger partial charge in [0.05, 0.1) is 4.88 Å². The molecule has 5 aromatic rings. The van der Waals surface area contributed by atoms with Crippen LogP contribution in [0.2, 0.25) is 0 Å². The van der Waals surface area contributed by atoms with E-state index in [0.29, 0.717) is 0 Å². The lowest BCUT2D eigenvalue weighted by Crippen LogP contribution is -1.90. The van der Waals surface area contributed by atoms with Crippen LogP contribution in [0.3, 0.4) is 0 Å². The summed E-state index contributed by atoms with van der Waals surface area (Å²) in [5.41, 5.74) is 6.04. The number of hydrogen-bond donors (Lipinski definition) is 0. The first-order valence-electron chi connectivity index (χ1n) is 24.1. The van der Waals surface area contributed by atoms with Gasteiger partial charge in [0.1, 0.15) is 0 Å². The van der Waals surface area contributed by atoms with Gasteiger partial charge in [-0.05, 0) is 109 Å². The van der Waals surface area contributed by atoms with E-state index in [1.54, 1.807) is 22.5 Å². The smallest absolute Gasteiger partial charge is 0.160 e. The number of carbonyl (C=O) groups excluding carboxylic acids is 1. The second kappa shape index (κ2) is 28.0. The Labute approximate surface area is 380 Å². The SMILES string of the molecule is CCCCCCCCc1cc(-c2cccs2)sc1-c1cc(CCCCCCCC)c(-c2cc(CCCCCCCC)c(-c3sc(C=O)cc3CCCCCCCC)s2)s1. The predicted octanol–water partition coefficient (Wildman–Crippen LogP) is 20.1. The van der Waals surface area contributed by atoms with E-state index in [4.69, 9.17) is 0 Å². The van der Waals surface area contributed by atoms with Gasteiger partial charge in [0.15, 0.2) is 6.29 Å². The van der Waals surface area contributed by atoms with Gasteiger partial charge in [-0.25, -0.2) is 0 Å². The van der Waals surface area contributed by atoms with Crippen molar-refractivity contribution in [1.82, 2.24) is 0 Å². The fourth-order valence-electron chi connectivity index (χ4n) is 8.49. The van der Waals surface area contributed by atoms with E-state index < -0.39 is 0 Å². The molecule has 0 radical (unpaired) electrons. The number of aryl methyl sites for hydroxylation is 4. The zero-order valence-electron chi connectivity index (χ0n) is 37.4. The summed E-state index contributed by atoms with van der Waals surface area (Å²) in [5.74, 6) is 0. The molecular formula is C53H76OS5. The molecular weight excluding hydrogens is 813 g/mol. The zero-order valence-corrected chi connectivity index (χ0v) is 41.4. The van der Waals surface area contributed by atoms with E-state index in [1.165, 1.54) is 211 Å². The molecule has 0 spiro atoms. The zero-order chi connectivity index (χ0) is 41.5. The number of aldehydes is 1. The predicted molar refractivity (Wildman–Crippen MR) is 271 cm³/mol. The van der Waals surface area contributed by atoms with E-state index in [-0.39, 0.29) is 0 Å². The highest BCUT2D eigenvalue weighted by molar-refractivity contribution is 7.30. The topological polar surface area (TPSA) is 17.1 Å². The van der Waals surface area contributed by atoms with Crippen molar-refractivity contribution in [3.63, 3.8) is 0 Å². The Morgan fingerprint density at radius 3 is 1.17 bits per heavy atom. The van der Waals surface area contributed by atoms with E-state index in [1.807, 2.05) is 34.0 Å². The molecule has 0 aliphatic heterocycles. The van der Waals surface area contributed by atoms with Crippen LogP contribution >= 0.6 is 56.7 Å². The van der Waals surface area contributed by atoms with Crippen molar-refractivity contribution >= 4 is 63.0 Å². The molecule has 6 heteroatoms. The van der Waals surface area contributed by atoms with Gasteiger partial charge in [-0.3, -0.25) is 4.79 Å². The molecule has 0 fully saturated rings. The highest BCUT2D eigenvalue weighted by atomic mass is 32.1. The first-order chi connectivity index (χ1) is 29.1. The molecule has 0 N–H and O–H groups in total. The van der Waals surface area contributed by atoms with Crippen molar-refractivity contribution in [1.29, 1.82) is 0 Å². The van der Waals surface area contributed by atoms with Crippen LogP contribution in [0.25, 0.3) is 39.0 Å². The average molecular weight is 890 g/mol. The summed E-state index contributed by atoms with van der Waals surface area (Å²) in [5, 5.41) is 2.23. The molecule has 5 aromatic heterocycles. The second-order valence-electron chi connectivity index (χ2n) is 17.1. The van der Waals surface area contributed by atoms with Crippen LogP contribution in [0.4, 0.5) is 0 Å². The van der Waals surface area contributed by atoms with Crippen molar-refractivity contribution in [2.75, 3.05) is 0 Å². The Kier molecular flexibility index (Phi) is 22.9. The average Bonchev–Trinajstić information content (AvgIpc) is 4.10. The van der Waals surface area contributed by atoms with Gasteiger partial charge in [-0.15, -0.1) is 56.7 Å².